The number of carboxylic acid groups (broad SMARTS) is 1. The molecule has 0 saturated carbocycles. The molecule has 0 radical (unpaired) electrons. The summed E-state index contributed by atoms with van der Waals surface area (Å²) in [7, 11) is 0. The van der Waals surface area contributed by atoms with Crippen LogP contribution >= 0.6 is 24.4 Å². The summed E-state index contributed by atoms with van der Waals surface area (Å²) in [6.45, 7) is 3.99. The van der Waals surface area contributed by atoms with Crippen LogP contribution in [0.4, 0.5) is 0 Å². The molecule has 0 aliphatic rings. The molecule has 0 rings (SSSR count). The summed E-state index contributed by atoms with van der Waals surface area (Å²) in [6.07, 6.45) is 4.53. The monoisotopic (exact) mass is 493 g/mol. The fourth-order valence-corrected chi connectivity index (χ4v) is 3.57. The number of nitrogens with one attached hydrogen (secondary N) is 3. The number of thiol groups is 1. The minimum Gasteiger partial charge on any atom is -0.480 e. The minimum absolute atomic E-state index is 0.0406. The Hall–Kier alpha value is -1.50. The molecule has 5 atom stereocenters. The summed E-state index contributed by atoms with van der Waals surface area (Å²) in [5, 5.41) is 17.1. The van der Waals surface area contributed by atoms with Gasteiger partial charge in [-0.1, -0.05) is 20.3 Å². The maximum atomic E-state index is 12.9. The molecule has 8 N–H and O–H groups in total. The number of carboxylic acids is 1. The third-order valence-corrected chi connectivity index (χ3v) is 6.15. The van der Waals surface area contributed by atoms with E-state index in [-0.39, 0.29) is 11.7 Å². The van der Waals surface area contributed by atoms with Crippen LogP contribution in [0.5, 0.6) is 0 Å². The van der Waals surface area contributed by atoms with Gasteiger partial charge in [0.25, 0.3) is 0 Å². The smallest absolute Gasteiger partial charge is 0.326 e. The Morgan fingerprint density at radius 2 is 1.59 bits per heavy atom. The van der Waals surface area contributed by atoms with E-state index in [1.165, 1.54) is 0 Å². The maximum absolute atomic E-state index is 12.9. The molecule has 10 nitrogen and oxygen atoms in total. The first kappa shape index (κ1) is 30.5. The summed E-state index contributed by atoms with van der Waals surface area (Å²) < 4.78 is 0. The van der Waals surface area contributed by atoms with Gasteiger partial charge in [0.05, 0.1) is 6.04 Å². The van der Waals surface area contributed by atoms with Crippen molar-refractivity contribution < 1.29 is 24.3 Å². The fraction of sp³-hybridized carbons (Fsp3) is 0.800. The van der Waals surface area contributed by atoms with Crippen LogP contribution in [0.15, 0.2) is 0 Å². The third-order valence-electron chi connectivity index (χ3n) is 5.14. The fourth-order valence-electron chi connectivity index (χ4n) is 2.82. The Balaban J connectivity index is 5.23. The van der Waals surface area contributed by atoms with E-state index in [4.69, 9.17) is 11.5 Å². The second-order valence-electron chi connectivity index (χ2n) is 7.69. The van der Waals surface area contributed by atoms with Gasteiger partial charge in [-0.25, -0.2) is 4.79 Å². The zero-order chi connectivity index (χ0) is 24.7. The molecule has 32 heavy (non-hydrogen) atoms. The molecular weight excluding hydrogens is 454 g/mol. The molecule has 0 saturated heterocycles. The molecule has 3 amide bonds. The van der Waals surface area contributed by atoms with Crippen LogP contribution in [-0.4, -0.2) is 77.3 Å². The van der Waals surface area contributed by atoms with Crippen LogP contribution in [0.3, 0.4) is 0 Å². The van der Waals surface area contributed by atoms with Crippen molar-refractivity contribution in [2.75, 3.05) is 24.3 Å². The highest BCUT2D eigenvalue weighted by atomic mass is 32.2. The molecule has 0 aromatic heterocycles. The van der Waals surface area contributed by atoms with E-state index in [0.717, 1.165) is 0 Å². The summed E-state index contributed by atoms with van der Waals surface area (Å²) in [6, 6.07) is -3.78. The van der Waals surface area contributed by atoms with Crippen molar-refractivity contribution in [1.29, 1.82) is 0 Å². The van der Waals surface area contributed by atoms with Gasteiger partial charge in [-0.05, 0) is 50.2 Å². The molecule has 0 fully saturated rings. The molecule has 0 bridgehead atoms. The van der Waals surface area contributed by atoms with Crippen LogP contribution in [-0.2, 0) is 19.2 Å². The first-order chi connectivity index (χ1) is 15.1. The van der Waals surface area contributed by atoms with Crippen LogP contribution in [0.25, 0.3) is 0 Å². The Kier molecular flexibility index (Phi) is 16.2. The SMILES string of the molecule is CCC(C)C(NC(=O)C(CS)NC(=O)C(CCCCN)NC(=O)C(N)CCSC)C(=O)O. The number of unbranched alkanes of at least 4 members (excludes halogenated alkanes) is 1. The largest absolute Gasteiger partial charge is 0.480 e. The van der Waals surface area contributed by atoms with Crippen molar-refractivity contribution in [1.82, 2.24) is 16.0 Å². The van der Waals surface area contributed by atoms with Gasteiger partial charge in [0.1, 0.15) is 18.1 Å². The molecular formula is C20H39N5O5S2. The minimum atomic E-state index is -1.15. The first-order valence-corrected chi connectivity index (χ1v) is 12.8. The van der Waals surface area contributed by atoms with Crippen molar-refractivity contribution in [2.24, 2.45) is 17.4 Å². The number of carbonyl (C=O) groups excluding carboxylic acids is 3. The van der Waals surface area contributed by atoms with Crippen molar-refractivity contribution in [2.45, 2.75) is 70.1 Å². The average molecular weight is 494 g/mol. The Morgan fingerprint density at radius 3 is 2.09 bits per heavy atom. The lowest BCUT2D eigenvalue weighted by atomic mass is 9.99. The topological polar surface area (TPSA) is 177 Å². The summed E-state index contributed by atoms with van der Waals surface area (Å²) in [5.41, 5.74) is 11.4. The second-order valence-corrected chi connectivity index (χ2v) is 9.04. The van der Waals surface area contributed by atoms with Crippen molar-refractivity contribution in [3.8, 4) is 0 Å². The Bertz CT molecular complexity index is 611. The molecule has 0 heterocycles. The summed E-state index contributed by atoms with van der Waals surface area (Å²) in [5.74, 6) is -2.42. The maximum Gasteiger partial charge on any atom is 0.326 e. The van der Waals surface area contributed by atoms with Crippen LogP contribution < -0.4 is 27.4 Å². The van der Waals surface area contributed by atoms with Crippen LogP contribution in [0.2, 0.25) is 0 Å². The predicted molar refractivity (Wildman–Crippen MR) is 131 cm³/mol. The lowest BCUT2D eigenvalue weighted by Gasteiger charge is -2.26. The number of amides is 3. The van der Waals surface area contributed by atoms with E-state index in [0.29, 0.717) is 44.4 Å². The number of hydrogen-bond acceptors (Lipinski definition) is 8. The lowest BCUT2D eigenvalue weighted by molar-refractivity contribution is -0.143. The Morgan fingerprint density at radius 1 is 1.00 bits per heavy atom. The number of rotatable bonds is 17. The van der Waals surface area contributed by atoms with Crippen molar-refractivity contribution in [3.05, 3.63) is 0 Å². The van der Waals surface area contributed by atoms with E-state index < -0.39 is 47.9 Å². The van der Waals surface area contributed by atoms with Crippen molar-refractivity contribution in [3.63, 3.8) is 0 Å². The molecule has 5 unspecified atom stereocenters. The van der Waals surface area contributed by atoms with Crippen LogP contribution in [0.1, 0.15) is 46.0 Å². The predicted octanol–water partition coefficient (Wildman–Crippen LogP) is -0.289. The summed E-state index contributed by atoms with van der Waals surface area (Å²) in [4.78, 5) is 49.4. The van der Waals surface area contributed by atoms with Crippen LogP contribution in [0, 0.1) is 5.92 Å². The first-order valence-electron chi connectivity index (χ1n) is 10.8. The highest BCUT2D eigenvalue weighted by molar-refractivity contribution is 7.98. The van der Waals surface area contributed by atoms with E-state index in [1.54, 1.807) is 18.7 Å². The highest BCUT2D eigenvalue weighted by Gasteiger charge is 2.31. The van der Waals surface area contributed by atoms with Gasteiger partial charge in [-0.2, -0.15) is 24.4 Å². The third kappa shape index (κ3) is 11.4. The number of thioether (sulfide) groups is 1. The van der Waals surface area contributed by atoms with Gasteiger partial charge in [0.2, 0.25) is 17.7 Å². The van der Waals surface area contributed by atoms with Gasteiger partial charge >= 0.3 is 5.97 Å². The quantitative estimate of drug-likeness (QED) is 0.107. The molecule has 0 aromatic rings. The zero-order valence-corrected chi connectivity index (χ0v) is 20.8. The number of nitrogens with two attached hydrogens (primary N) is 2. The van der Waals surface area contributed by atoms with Gasteiger partial charge < -0.3 is 32.5 Å². The van der Waals surface area contributed by atoms with E-state index >= 15 is 0 Å². The zero-order valence-electron chi connectivity index (χ0n) is 19.1. The highest BCUT2D eigenvalue weighted by Crippen LogP contribution is 2.09. The van der Waals surface area contributed by atoms with Gasteiger partial charge in [0.15, 0.2) is 0 Å². The normalized spacial score (nSPS) is 15.7. The molecule has 0 aliphatic carbocycles. The average Bonchev–Trinajstić information content (AvgIpc) is 2.77. The van der Waals surface area contributed by atoms with E-state index in [2.05, 4.69) is 28.6 Å². The lowest BCUT2D eigenvalue weighted by Crippen LogP contribution is -2.58. The number of aliphatic carboxylic acids is 1. The van der Waals surface area contributed by atoms with Gasteiger partial charge in [-0.15, -0.1) is 0 Å². The molecule has 12 heteroatoms. The van der Waals surface area contributed by atoms with Gasteiger partial charge in [-0.3, -0.25) is 14.4 Å². The second kappa shape index (κ2) is 17.0. The standard InChI is InChI=1S/C20H39N5O5S2/c1-4-12(2)16(20(29)30)25-19(28)15(11-31)24-18(27)14(7-5-6-9-21)23-17(26)13(22)8-10-32-3/h12-16,31H,4-11,21-22H2,1-3H3,(H,23,26)(H,24,27)(H,25,28)(H,29,30). The van der Waals surface area contributed by atoms with E-state index in [9.17, 15) is 24.3 Å². The molecule has 0 aliphatic heterocycles. The molecule has 0 aromatic carbocycles. The Labute approximate surface area is 200 Å². The van der Waals surface area contributed by atoms with Crippen molar-refractivity contribution >= 4 is 48.1 Å². The molecule has 186 valence electrons. The molecule has 0 spiro atoms. The van der Waals surface area contributed by atoms with Gasteiger partial charge in [0, 0.05) is 5.75 Å². The number of carbonyl (C=O) groups is 4. The van der Waals surface area contributed by atoms with E-state index in [1.807, 2.05) is 13.2 Å². The number of hydrogen-bond donors (Lipinski definition) is 7. The summed E-state index contributed by atoms with van der Waals surface area (Å²) >= 11 is 5.69.